The smallest absolute Gasteiger partial charge is 0.308 e. The second-order valence-electron chi connectivity index (χ2n) is 4.49. The highest BCUT2D eigenvalue weighted by Gasteiger charge is 2.15. The Hall–Kier alpha value is -1.31. The van der Waals surface area contributed by atoms with Crippen LogP contribution in [0.1, 0.15) is 29.2 Å². The lowest BCUT2D eigenvalue weighted by molar-refractivity contribution is -0.144. The van der Waals surface area contributed by atoms with Gasteiger partial charge in [-0.15, -0.1) is 0 Å². The largest absolute Gasteiger partial charge is 0.469 e. The van der Waals surface area contributed by atoms with Gasteiger partial charge in [0.05, 0.1) is 13.0 Å². The summed E-state index contributed by atoms with van der Waals surface area (Å²) in [5, 5.41) is 0. The second kappa shape index (κ2) is 5.15. The van der Waals surface area contributed by atoms with Crippen molar-refractivity contribution in [1.82, 2.24) is 0 Å². The van der Waals surface area contributed by atoms with E-state index in [0.717, 1.165) is 6.42 Å². The Labute approximate surface area is 97.6 Å². The van der Waals surface area contributed by atoms with Crippen LogP contribution in [0.25, 0.3) is 0 Å². The molecule has 0 saturated carbocycles. The molecule has 0 heterocycles. The molecule has 0 N–H and O–H groups in total. The molecule has 0 aliphatic rings. The van der Waals surface area contributed by atoms with Crippen LogP contribution in [-0.4, -0.2) is 13.1 Å². The summed E-state index contributed by atoms with van der Waals surface area (Å²) in [4.78, 5) is 11.4. The van der Waals surface area contributed by atoms with Crippen molar-refractivity contribution >= 4 is 5.97 Å². The molecule has 0 aliphatic carbocycles. The third kappa shape index (κ3) is 2.84. The second-order valence-corrected chi connectivity index (χ2v) is 4.49. The molecule has 2 nitrogen and oxygen atoms in total. The molecule has 1 aromatic rings. The molecule has 0 saturated heterocycles. The van der Waals surface area contributed by atoms with Crippen molar-refractivity contribution in [2.45, 2.75) is 34.1 Å². The Morgan fingerprint density at radius 3 is 2.31 bits per heavy atom. The number of ether oxygens (including phenoxy) is 1. The first-order valence-corrected chi connectivity index (χ1v) is 5.60. The van der Waals surface area contributed by atoms with Gasteiger partial charge < -0.3 is 4.74 Å². The lowest BCUT2D eigenvalue weighted by Gasteiger charge is -2.13. The molecule has 0 bridgehead atoms. The molecule has 0 amide bonds. The summed E-state index contributed by atoms with van der Waals surface area (Å²) < 4.78 is 4.74. The quantitative estimate of drug-likeness (QED) is 0.732. The summed E-state index contributed by atoms with van der Waals surface area (Å²) in [7, 11) is 1.44. The zero-order chi connectivity index (χ0) is 12.3. The molecule has 1 rings (SSSR count). The number of esters is 1. The highest BCUT2D eigenvalue weighted by molar-refractivity contribution is 5.72. The number of carbonyl (C=O) groups excluding carboxylic acids is 1. The highest BCUT2D eigenvalue weighted by Crippen LogP contribution is 2.19. The van der Waals surface area contributed by atoms with E-state index in [1.54, 1.807) is 0 Å². The Balaban J connectivity index is 2.89. The van der Waals surface area contributed by atoms with Crippen molar-refractivity contribution in [3.8, 4) is 0 Å². The fourth-order valence-corrected chi connectivity index (χ4v) is 1.85. The maximum atomic E-state index is 11.4. The SMILES string of the molecule is COC(=O)C(C)Cc1cc(C)c(C)cc1C. The summed E-state index contributed by atoms with van der Waals surface area (Å²) in [6.07, 6.45) is 0.750. The van der Waals surface area contributed by atoms with Crippen LogP contribution in [-0.2, 0) is 16.0 Å². The van der Waals surface area contributed by atoms with E-state index in [4.69, 9.17) is 4.74 Å². The van der Waals surface area contributed by atoms with Gasteiger partial charge in [-0.25, -0.2) is 0 Å². The molecule has 16 heavy (non-hydrogen) atoms. The van der Waals surface area contributed by atoms with Gasteiger partial charge in [0, 0.05) is 0 Å². The van der Waals surface area contributed by atoms with Gasteiger partial charge in [-0.3, -0.25) is 4.79 Å². The van der Waals surface area contributed by atoms with Crippen LogP contribution in [0.2, 0.25) is 0 Å². The molecule has 0 aliphatic heterocycles. The van der Waals surface area contributed by atoms with Gasteiger partial charge in [0.25, 0.3) is 0 Å². The minimum Gasteiger partial charge on any atom is -0.469 e. The molecular weight excluding hydrogens is 200 g/mol. The van der Waals surface area contributed by atoms with E-state index < -0.39 is 0 Å². The van der Waals surface area contributed by atoms with E-state index >= 15 is 0 Å². The number of benzene rings is 1. The van der Waals surface area contributed by atoms with Crippen LogP contribution < -0.4 is 0 Å². The van der Waals surface area contributed by atoms with Crippen molar-refractivity contribution in [2.24, 2.45) is 5.92 Å². The first-order chi connectivity index (χ1) is 7.45. The maximum Gasteiger partial charge on any atom is 0.308 e. The van der Waals surface area contributed by atoms with Gasteiger partial charge in [-0.2, -0.15) is 0 Å². The van der Waals surface area contributed by atoms with Crippen LogP contribution >= 0.6 is 0 Å². The number of hydrogen-bond acceptors (Lipinski definition) is 2. The zero-order valence-corrected chi connectivity index (χ0v) is 10.8. The number of aryl methyl sites for hydroxylation is 3. The molecule has 2 heteroatoms. The normalized spacial score (nSPS) is 12.3. The van der Waals surface area contributed by atoms with Crippen molar-refractivity contribution < 1.29 is 9.53 Å². The monoisotopic (exact) mass is 220 g/mol. The van der Waals surface area contributed by atoms with E-state index in [1.165, 1.54) is 29.4 Å². The fourth-order valence-electron chi connectivity index (χ4n) is 1.85. The summed E-state index contributed by atoms with van der Waals surface area (Å²) in [6.45, 7) is 8.20. The Bertz CT molecular complexity index is 394. The van der Waals surface area contributed by atoms with Crippen LogP contribution in [0.4, 0.5) is 0 Å². The van der Waals surface area contributed by atoms with Gasteiger partial charge in [0.1, 0.15) is 0 Å². The van der Waals surface area contributed by atoms with Crippen LogP contribution in [0.3, 0.4) is 0 Å². The molecule has 88 valence electrons. The van der Waals surface area contributed by atoms with Crippen LogP contribution in [0.5, 0.6) is 0 Å². The molecule has 0 radical (unpaired) electrons. The number of hydrogen-bond donors (Lipinski definition) is 0. The Kier molecular flexibility index (Phi) is 4.11. The Morgan fingerprint density at radius 1 is 1.19 bits per heavy atom. The topological polar surface area (TPSA) is 26.3 Å². The van der Waals surface area contributed by atoms with E-state index in [0.29, 0.717) is 0 Å². The minimum absolute atomic E-state index is 0.0780. The Morgan fingerprint density at radius 2 is 1.75 bits per heavy atom. The van der Waals surface area contributed by atoms with Gasteiger partial charge >= 0.3 is 5.97 Å². The van der Waals surface area contributed by atoms with E-state index in [1.807, 2.05) is 6.92 Å². The number of methoxy groups -OCH3 is 1. The molecular formula is C14H20O2. The third-order valence-electron chi connectivity index (χ3n) is 3.08. The molecule has 0 spiro atoms. The molecule has 1 unspecified atom stereocenters. The molecule has 0 aromatic heterocycles. The van der Waals surface area contributed by atoms with E-state index in [2.05, 4.69) is 32.9 Å². The summed E-state index contributed by atoms with van der Waals surface area (Å²) in [5.74, 6) is -0.219. The first kappa shape index (κ1) is 12.8. The standard InChI is InChI=1S/C14H20O2/c1-9-6-11(3)13(7-10(9)2)8-12(4)14(15)16-5/h6-7,12H,8H2,1-5H3. The lowest BCUT2D eigenvalue weighted by Crippen LogP contribution is -2.15. The number of rotatable bonds is 3. The summed E-state index contributed by atoms with van der Waals surface area (Å²) in [6, 6.07) is 4.35. The van der Waals surface area contributed by atoms with Crippen molar-refractivity contribution in [1.29, 1.82) is 0 Å². The lowest BCUT2D eigenvalue weighted by atomic mass is 9.94. The van der Waals surface area contributed by atoms with Gasteiger partial charge in [0.15, 0.2) is 0 Å². The van der Waals surface area contributed by atoms with Gasteiger partial charge in [-0.1, -0.05) is 19.1 Å². The maximum absolute atomic E-state index is 11.4. The molecule has 1 atom stereocenters. The van der Waals surface area contributed by atoms with E-state index in [9.17, 15) is 4.79 Å². The molecule has 1 aromatic carbocycles. The van der Waals surface area contributed by atoms with Crippen LogP contribution in [0.15, 0.2) is 12.1 Å². The van der Waals surface area contributed by atoms with Crippen molar-refractivity contribution in [3.63, 3.8) is 0 Å². The number of carbonyl (C=O) groups is 1. The average molecular weight is 220 g/mol. The predicted octanol–water partition coefficient (Wildman–Crippen LogP) is 2.96. The fraction of sp³-hybridized carbons (Fsp3) is 0.500. The first-order valence-electron chi connectivity index (χ1n) is 5.60. The van der Waals surface area contributed by atoms with Gasteiger partial charge in [-0.05, 0) is 49.4 Å². The summed E-state index contributed by atoms with van der Waals surface area (Å²) in [5.41, 5.74) is 5.06. The highest BCUT2D eigenvalue weighted by atomic mass is 16.5. The third-order valence-corrected chi connectivity index (χ3v) is 3.08. The van der Waals surface area contributed by atoms with E-state index in [-0.39, 0.29) is 11.9 Å². The average Bonchev–Trinajstić information content (AvgIpc) is 2.24. The van der Waals surface area contributed by atoms with Gasteiger partial charge in [0.2, 0.25) is 0 Å². The minimum atomic E-state index is -0.141. The zero-order valence-electron chi connectivity index (χ0n) is 10.8. The van der Waals surface area contributed by atoms with Crippen LogP contribution in [0, 0.1) is 26.7 Å². The van der Waals surface area contributed by atoms with Crippen molar-refractivity contribution in [2.75, 3.05) is 7.11 Å². The summed E-state index contributed by atoms with van der Waals surface area (Å²) >= 11 is 0. The van der Waals surface area contributed by atoms with Crippen molar-refractivity contribution in [3.05, 3.63) is 34.4 Å². The predicted molar refractivity (Wildman–Crippen MR) is 65.5 cm³/mol. The molecule has 0 fully saturated rings.